The molecule has 0 spiro atoms. The third-order valence-corrected chi connectivity index (χ3v) is 4.59. The second-order valence-corrected chi connectivity index (χ2v) is 6.42. The number of furan rings is 1. The third-order valence-electron chi connectivity index (χ3n) is 2.50. The minimum Gasteiger partial charge on any atom is -0.472 e. The maximum absolute atomic E-state index is 11.9. The van der Waals surface area contributed by atoms with E-state index in [4.69, 9.17) is 9.15 Å². The number of esters is 1. The number of carbonyl (C=O) groups is 1. The van der Waals surface area contributed by atoms with Crippen LogP contribution in [0.4, 0.5) is 0 Å². The Bertz CT molecular complexity index is 513. The number of carbonyl (C=O) groups excluding carboxylic acids is 1. The molecule has 0 bridgehead atoms. The fraction of sp³-hybridized carbons (Fsp3) is 0.417. The maximum Gasteiger partial charge on any atom is 0.333 e. The molecule has 1 rings (SSSR count). The smallest absolute Gasteiger partial charge is 0.333 e. The van der Waals surface area contributed by atoms with E-state index in [0.29, 0.717) is 5.56 Å². The Morgan fingerprint density at radius 1 is 1.56 bits per heavy atom. The minimum absolute atomic E-state index is 0.170. The molecule has 0 fully saturated rings. The van der Waals surface area contributed by atoms with Crippen LogP contribution in [-0.4, -0.2) is 26.7 Å². The normalized spacial score (nSPS) is 13.0. The van der Waals surface area contributed by atoms with Crippen LogP contribution in [0.25, 0.3) is 0 Å². The SMILES string of the molecule is C=C(C)C(=O)OCCS(=O)(=O)C(C)c1ccoc1. The summed E-state index contributed by atoms with van der Waals surface area (Å²) in [6.07, 6.45) is 2.81. The molecule has 0 saturated carbocycles. The fourth-order valence-corrected chi connectivity index (χ4v) is 2.48. The largest absolute Gasteiger partial charge is 0.472 e. The van der Waals surface area contributed by atoms with Crippen molar-refractivity contribution in [3.05, 3.63) is 36.3 Å². The molecule has 100 valence electrons. The van der Waals surface area contributed by atoms with Crippen molar-refractivity contribution in [1.29, 1.82) is 0 Å². The summed E-state index contributed by atoms with van der Waals surface area (Å²) in [4.78, 5) is 11.1. The average Bonchev–Trinajstić information content (AvgIpc) is 2.80. The standard InChI is InChI=1S/C12H16O5S/c1-9(2)12(13)17-6-7-18(14,15)10(3)11-4-5-16-8-11/h4-5,8,10H,1,6-7H2,2-3H3. The lowest BCUT2D eigenvalue weighted by atomic mass is 10.3. The molecule has 0 N–H and O–H groups in total. The number of rotatable bonds is 6. The van der Waals surface area contributed by atoms with Gasteiger partial charge in [0.05, 0.1) is 23.5 Å². The Morgan fingerprint density at radius 3 is 2.72 bits per heavy atom. The van der Waals surface area contributed by atoms with Crippen LogP contribution in [0.3, 0.4) is 0 Å². The van der Waals surface area contributed by atoms with E-state index in [-0.39, 0.29) is 17.9 Å². The molecule has 0 aliphatic heterocycles. The van der Waals surface area contributed by atoms with Gasteiger partial charge in [-0.2, -0.15) is 0 Å². The van der Waals surface area contributed by atoms with E-state index in [0.717, 1.165) is 0 Å². The molecule has 0 radical (unpaired) electrons. The minimum atomic E-state index is -3.37. The monoisotopic (exact) mass is 272 g/mol. The van der Waals surface area contributed by atoms with Crippen LogP contribution in [0.15, 0.2) is 35.2 Å². The first-order valence-corrected chi connectivity index (χ1v) is 7.12. The van der Waals surface area contributed by atoms with Crippen LogP contribution in [0.2, 0.25) is 0 Å². The van der Waals surface area contributed by atoms with Gasteiger partial charge in [-0.3, -0.25) is 0 Å². The van der Waals surface area contributed by atoms with Gasteiger partial charge in [0.2, 0.25) is 0 Å². The van der Waals surface area contributed by atoms with E-state index < -0.39 is 21.1 Å². The van der Waals surface area contributed by atoms with Crippen LogP contribution in [-0.2, 0) is 19.4 Å². The molecule has 6 heteroatoms. The van der Waals surface area contributed by atoms with Crippen LogP contribution in [0.1, 0.15) is 24.7 Å². The quantitative estimate of drug-likeness (QED) is 0.584. The van der Waals surface area contributed by atoms with Crippen molar-refractivity contribution in [2.24, 2.45) is 0 Å². The van der Waals surface area contributed by atoms with Crippen molar-refractivity contribution in [2.45, 2.75) is 19.1 Å². The highest BCUT2D eigenvalue weighted by Gasteiger charge is 2.23. The molecule has 1 unspecified atom stereocenters. The molecule has 1 aromatic heterocycles. The second kappa shape index (κ2) is 5.86. The molecule has 0 aliphatic carbocycles. The van der Waals surface area contributed by atoms with Crippen molar-refractivity contribution in [1.82, 2.24) is 0 Å². The third kappa shape index (κ3) is 3.73. The van der Waals surface area contributed by atoms with Gasteiger partial charge < -0.3 is 9.15 Å². The first-order chi connectivity index (χ1) is 8.34. The van der Waals surface area contributed by atoms with E-state index in [1.165, 1.54) is 19.5 Å². The zero-order chi connectivity index (χ0) is 13.8. The summed E-state index contributed by atoms with van der Waals surface area (Å²) < 4.78 is 33.5. The van der Waals surface area contributed by atoms with E-state index in [9.17, 15) is 13.2 Å². The summed E-state index contributed by atoms with van der Waals surface area (Å²) in [5, 5.41) is -0.681. The van der Waals surface area contributed by atoms with E-state index in [1.54, 1.807) is 13.0 Å². The molecule has 0 aromatic carbocycles. The summed E-state index contributed by atoms with van der Waals surface area (Å²) in [6, 6.07) is 1.60. The van der Waals surface area contributed by atoms with Crippen LogP contribution in [0, 0.1) is 0 Å². The van der Waals surface area contributed by atoms with Gasteiger partial charge in [0, 0.05) is 11.1 Å². The number of hydrogen-bond acceptors (Lipinski definition) is 5. The van der Waals surface area contributed by atoms with E-state index in [2.05, 4.69) is 6.58 Å². The van der Waals surface area contributed by atoms with Gasteiger partial charge in [0.15, 0.2) is 9.84 Å². The molecule has 1 atom stereocenters. The van der Waals surface area contributed by atoms with Gasteiger partial charge >= 0.3 is 5.97 Å². The Morgan fingerprint density at radius 2 is 2.22 bits per heavy atom. The van der Waals surface area contributed by atoms with Crippen LogP contribution < -0.4 is 0 Å². The van der Waals surface area contributed by atoms with E-state index in [1.807, 2.05) is 0 Å². The maximum atomic E-state index is 11.9. The van der Waals surface area contributed by atoms with Gasteiger partial charge in [0.25, 0.3) is 0 Å². The lowest BCUT2D eigenvalue weighted by molar-refractivity contribution is -0.138. The lowest BCUT2D eigenvalue weighted by Crippen LogP contribution is -2.19. The summed E-state index contributed by atoms with van der Waals surface area (Å²) in [5.41, 5.74) is 0.830. The highest BCUT2D eigenvalue weighted by Crippen LogP contribution is 2.22. The zero-order valence-corrected chi connectivity index (χ0v) is 11.2. The molecule has 0 saturated heterocycles. The van der Waals surface area contributed by atoms with Gasteiger partial charge in [-0.25, -0.2) is 13.2 Å². The summed E-state index contributed by atoms with van der Waals surface area (Å²) >= 11 is 0. The second-order valence-electron chi connectivity index (χ2n) is 3.98. The molecular weight excluding hydrogens is 256 g/mol. The molecule has 0 aliphatic rings. The van der Waals surface area contributed by atoms with Crippen molar-refractivity contribution in [2.75, 3.05) is 12.4 Å². The summed E-state index contributed by atoms with van der Waals surface area (Å²) in [5.74, 6) is -0.806. The predicted octanol–water partition coefficient (Wildman–Crippen LogP) is 1.87. The van der Waals surface area contributed by atoms with Crippen LogP contribution >= 0.6 is 0 Å². The molecule has 18 heavy (non-hydrogen) atoms. The first kappa shape index (κ1) is 14.5. The molecule has 5 nitrogen and oxygen atoms in total. The van der Waals surface area contributed by atoms with Crippen molar-refractivity contribution in [3.63, 3.8) is 0 Å². The van der Waals surface area contributed by atoms with Gasteiger partial charge in [-0.1, -0.05) is 6.58 Å². The Labute approximate surface area is 106 Å². The number of hydrogen-bond donors (Lipinski definition) is 0. The summed E-state index contributed by atoms with van der Waals surface area (Å²) in [7, 11) is -3.37. The van der Waals surface area contributed by atoms with Gasteiger partial charge in [0.1, 0.15) is 6.61 Å². The highest BCUT2D eigenvalue weighted by atomic mass is 32.2. The topological polar surface area (TPSA) is 73.6 Å². The summed E-state index contributed by atoms with van der Waals surface area (Å²) in [6.45, 7) is 6.31. The Balaban J connectivity index is 2.55. The lowest BCUT2D eigenvalue weighted by Gasteiger charge is -2.11. The predicted molar refractivity (Wildman–Crippen MR) is 66.7 cm³/mol. The van der Waals surface area contributed by atoms with Crippen LogP contribution in [0.5, 0.6) is 0 Å². The fourth-order valence-electron chi connectivity index (χ4n) is 1.26. The van der Waals surface area contributed by atoms with Crippen molar-refractivity contribution >= 4 is 15.8 Å². The molecule has 1 aromatic rings. The zero-order valence-electron chi connectivity index (χ0n) is 10.4. The average molecular weight is 272 g/mol. The number of sulfone groups is 1. The van der Waals surface area contributed by atoms with Gasteiger partial charge in [-0.15, -0.1) is 0 Å². The van der Waals surface area contributed by atoms with Crippen molar-refractivity contribution < 1.29 is 22.4 Å². The number of ether oxygens (including phenoxy) is 1. The Kier molecular flexibility index (Phi) is 4.72. The highest BCUT2D eigenvalue weighted by molar-refractivity contribution is 7.91. The Hall–Kier alpha value is -1.56. The van der Waals surface area contributed by atoms with E-state index >= 15 is 0 Å². The molecule has 0 amide bonds. The molecule has 1 heterocycles. The first-order valence-electron chi connectivity index (χ1n) is 5.41. The van der Waals surface area contributed by atoms with Gasteiger partial charge in [-0.05, 0) is 19.9 Å². The van der Waals surface area contributed by atoms with Crippen molar-refractivity contribution in [3.8, 4) is 0 Å². The molecular formula is C12H16O5S.